The molecular formula is C21H20ClFN6O6S. The largest absolute Gasteiger partial charge is 0.489 e. The highest BCUT2D eigenvalue weighted by atomic mass is 35.5. The van der Waals surface area contributed by atoms with Crippen LogP contribution in [-0.2, 0) is 17.1 Å². The first-order chi connectivity index (χ1) is 17.0. The van der Waals surface area contributed by atoms with Gasteiger partial charge in [-0.1, -0.05) is 11.6 Å². The lowest BCUT2D eigenvalue weighted by Gasteiger charge is -2.23. The average Bonchev–Trinajstić information content (AvgIpc) is 3.50. The van der Waals surface area contributed by atoms with Crippen LogP contribution in [0.3, 0.4) is 0 Å². The van der Waals surface area contributed by atoms with Crippen molar-refractivity contribution in [2.45, 2.75) is 17.9 Å². The topological polar surface area (TPSA) is 149 Å². The van der Waals surface area contributed by atoms with Gasteiger partial charge in [0.1, 0.15) is 10.7 Å². The number of fused-ring (bicyclic) bond motifs is 2. The molecule has 190 valence electrons. The van der Waals surface area contributed by atoms with Gasteiger partial charge in [0.25, 0.3) is 5.91 Å². The summed E-state index contributed by atoms with van der Waals surface area (Å²) in [7, 11) is -2.62. The number of carbonyl (C=O) groups is 2. The molecule has 2 aromatic heterocycles. The number of hydrogen-bond acceptors (Lipinski definition) is 8. The van der Waals surface area contributed by atoms with E-state index in [4.69, 9.17) is 20.8 Å². The smallest absolute Gasteiger partial charge is 0.311 e. The van der Waals surface area contributed by atoms with E-state index in [1.165, 1.54) is 34.8 Å². The van der Waals surface area contributed by atoms with Crippen molar-refractivity contribution in [1.29, 1.82) is 0 Å². The number of anilines is 1. The molecule has 5 rings (SSSR count). The van der Waals surface area contributed by atoms with Crippen LogP contribution < -0.4 is 14.8 Å². The summed E-state index contributed by atoms with van der Waals surface area (Å²) in [5, 5.41) is 9.77. The first kappa shape index (κ1) is 24.2. The van der Waals surface area contributed by atoms with E-state index >= 15 is 0 Å². The minimum atomic E-state index is -4.12. The van der Waals surface area contributed by atoms with E-state index < -0.39 is 39.6 Å². The Morgan fingerprint density at radius 3 is 2.75 bits per heavy atom. The molecule has 0 radical (unpaired) electrons. The number of likely N-dealkylation sites (tertiary alicyclic amines) is 1. The SMILES string of the molecule is Cc1nnc(C(=O)N2CC3COc4c(cn(C)c4C(=O)Nc4ccc(F)c(Cl)c4)S(=O)(=O)NC3C2)o1. The van der Waals surface area contributed by atoms with E-state index in [0.717, 1.165) is 6.07 Å². The van der Waals surface area contributed by atoms with Gasteiger partial charge in [0.15, 0.2) is 11.4 Å². The number of halogens is 2. The monoisotopic (exact) mass is 538 g/mol. The number of nitrogens with zero attached hydrogens (tertiary/aromatic N) is 4. The van der Waals surface area contributed by atoms with Crippen molar-refractivity contribution < 1.29 is 31.6 Å². The summed E-state index contributed by atoms with van der Waals surface area (Å²) in [4.78, 5) is 27.0. The molecule has 12 nitrogen and oxygen atoms in total. The van der Waals surface area contributed by atoms with E-state index in [2.05, 4.69) is 20.2 Å². The van der Waals surface area contributed by atoms with Gasteiger partial charge in [-0.05, 0) is 18.2 Å². The van der Waals surface area contributed by atoms with Crippen LogP contribution in [0.2, 0.25) is 5.02 Å². The van der Waals surface area contributed by atoms with Gasteiger partial charge in [0, 0.05) is 50.9 Å². The third-order valence-electron chi connectivity index (χ3n) is 5.97. The predicted molar refractivity (Wildman–Crippen MR) is 123 cm³/mol. The van der Waals surface area contributed by atoms with Crippen molar-refractivity contribution in [2.75, 3.05) is 25.0 Å². The van der Waals surface area contributed by atoms with Crippen molar-refractivity contribution in [1.82, 2.24) is 24.4 Å². The zero-order valence-electron chi connectivity index (χ0n) is 19.0. The second-order valence-corrected chi connectivity index (χ2v) is 10.6. The van der Waals surface area contributed by atoms with E-state index in [-0.39, 0.29) is 58.5 Å². The van der Waals surface area contributed by atoms with E-state index in [1.807, 2.05) is 0 Å². The fraction of sp³-hybridized carbons (Fsp3) is 0.333. The number of ether oxygens (including phenoxy) is 1. The summed E-state index contributed by atoms with van der Waals surface area (Å²) in [6.07, 6.45) is 1.27. The molecule has 15 heteroatoms. The van der Waals surface area contributed by atoms with Gasteiger partial charge in [-0.2, -0.15) is 0 Å². The molecule has 2 aliphatic heterocycles. The summed E-state index contributed by atoms with van der Waals surface area (Å²) in [6, 6.07) is 3.03. The number of hydrogen-bond donors (Lipinski definition) is 2. The molecule has 2 amide bonds. The number of benzene rings is 1. The Morgan fingerprint density at radius 1 is 1.28 bits per heavy atom. The quantitative estimate of drug-likeness (QED) is 0.510. The third-order valence-corrected chi connectivity index (χ3v) is 7.74. The number of aryl methyl sites for hydroxylation is 2. The minimum absolute atomic E-state index is 0.0273. The van der Waals surface area contributed by atoms with E-state index in [0.29, 0.717) is 0 Å². The number of amides is 2. The average molecular weight is 539 g/mol. The van der Waals surface area contributed by atoms with Gasteiger partial charge < -0.3 is 23.9 Å². The van der Waals surface area contributed by atoms with E-state index in [1.54, 1.807) is 6.92 Å². The maximum absolute atomic E-state index is 13.5. The molecule has 2 aliphatic rings. The van der Waals surface area contributed by atoms with Gasteiger partial charge in [-0.15, -0.1) is 10.2 Å². The van der Waals surface area contributed by atoms with Crippen LogP contribution in [0, 0.1) is 18.7 Å². The summed E-state index contributed by atoms with van der Waals surface area (Å²) in [5.74, 6) is -2.33. The molecule has 1 fully saturated rings. The molecule has 1 aromatic carbocycles. The molecule has 36 heavy (non-hydrogen) atoms. The van der Waals surface area contributed by atoms with Gasteiger partial charge >= 0.3 is 11.8 Å². The van der Waals surface area contributed by atoms with Crippen LogP contribution in [-0.4, -0.2) is 65.6 Å². The molecule has 2 atom stereocenters. The lowest BCUT2D eigenvalue weighted by Crippen LogP contribution is -2.43. The highest BCUT2D eigenvalue weighted by Crippen LogP contribution is 2.35. The molecule has 3 aromatic rings. The van der Waals surface area contributed by atoms with Crippen molar-refractivity contribution >= 4 is 39.1 Å². The van der Waals surface area contributed by atoms with Crippen molar-refractivity contribution in [3.8, 4) is 5.75 Å². The fourth-order valence-corrected chi connectivity index (χ4v) is 5.91. The summed E-state index contributed by atoms with van der Waals surface area (Å²) in [5.41, 5.74) is 0.163. The molecule has 0 saturated carbocycles. The molecule has 2 N–H and O–H groups in total. The second kappa shape index (κ2) is 8.87. The molecule has 2 unspecified atom stereocenters. The standard InChI is InChI=1S/C21H20ClFN6O6S/c1-10-25-26-20(35-10)21(31)29-6-11-9-34-18-16(36(32,33)27-15(11)7-29)8-28(2)17(18)19(30)24-12-3-4-14(23)13(22)5-12/h3-5,8,11,15,27H,6-7,9H2,1-2H3,(H,24,30). The lowest BCUT2D eigenvalue weighted by atomic mass is 10.1. The molecule has 4 heterocycles. The van der Waals surface area contributed by atoms with Crippen molar-refractivity contribution in [2.24, 2.45) is 13.0 Å². The first-order valence-corrected chi connectivity index (χ1v) is 12.6. The Bertz CT molecular complexity index is 1490. The lowest BCUT2D eigenvalue weighted by molar-refractivity contribution is 0.0741. The number of sulfonamides is 1. The van der Waals surface area contributed by atoms with Crippen LogP contribution >= 0.6 is 11.6 Å². The second-order valence-electron chi connectivity index (χ2n) is 8.50. The highest BCUT2D eigenvalue weighted by molar-refractivity contribution is 7.89. The maximum atomic E-state index is 13.5. The Kier molecular flexibility index (Phi) is 5.97. The van der Waals surface area contributed by atoms with E-state index in [9.17, 15) is 22.4 Å². The van der Waals surface area contributed by atoms with Crippen LogP contribution in [0.4, 0.5) is 10.1 Å². The first-order valence-electron chi connectivity index (χ1n) is 10.7. The van der Waals surface area contributed by atoms with Crippen LogP contribution in [0.5, 0.6) is 5.75 Å². The van der Waals surface area contributed by atoms with Crippen molar-refractivity contribution in [3.05, 3.63) is 52.7 Å². The number of carbonyl (C=O) groups excluding carboxylic acids is 2. The van der Waals surface area contributed by atoms with Gasteiger partial charge in [-0.25, -0.2) is 17.5 Å². The minimum Gasteiger partial charge on any atom is -0.489 e. The van der Waals surface area contributed by atoms with Crippen LogP contribution in [0.1, 0.15) is 27.1 Å². The predicted octanol–water partition coefficient (Wildman–Crippen LogP) is 1.57. The van der Waals surface area contributed by atoms with Gasteiger partial charge in [0.2, 0.25) is 15.9 Å². The molecule has 0 bridgehead atoms. The number of aromatic nitrogens is 3. The molecule has 0 spiro atoms. The van der Waals surface area contributed by atoms with Crippen molar-refractivity contribution in [3.63, 3.8) is 0 Å². The Hall–Kier alpha value is -3.49. The van der Waals surface area contributed by atoms with Gasteiger partial charge in [0.05, 0.1) is 11.6 Å². The number of rotatable bonds is 3. The summed E-state index contributed by atoms with van der Waals surface area (Å²) < 4.78 is 55.0. The zero-order chi connectivity index (χ0) is 25.8. The Labute approximate surface area is 209 Å². The van der Waals surface area contributed by atoms with Crippen LogP contribution in [0.25, 0.3) is 0 Å². The fourth-order valence-electron chi connectivity index (χ4n) is 4.25. The number of nitrogens with one attached hydrogen (secondary N) is 2. The Balaban J connectivity index is 1.41. The molecular weight excluding hydrogens is 519 g/mol. The summed E-state index contributed by atoms with van der Waals surface area (Å²) in [6.45, 7) is 1.83. The third kappa shape index (κ3) is 4.31. The summed E-state index contributed by atoms with van der Waals surface area (Å²) >= 11 is 5.79. The Morgan fingerprint density at radius 2 is 2.06 bits per heavy atom. The van der Waals surface area contributed by atoms with Crippen LogP contribution in [0.15, 0.2) is 33.7 Å². The van der Waals surface area contributed by atoms with Gasteiger partial charge in [-0.3, -0.25) is 9.59 Å². The normalized spacial score (nSPS) is 20.6. The molecule has 0 aliphatic carbocycles. The molecule has 1 saturated heterocycles. The zero-order valence-corrected chi connectivity index (χ0v) is 20.6. The highest BCUT2D eigenvalue weighted by Gasteiger charge is 2.43. The maximum Gasteiger partial charge on any atom is 0.311 e.